The highest BCUT2D eigenvalue weighted by Crippen LogP contribution is 2.32. The van der Waals surface area contributed by atoms with Crippen LogP contribution in [0.4, 0.5) is 0 Å². The van der Waals surface area contributed by atoms with Crippen molar-refractivity contribution in [3.05, 3.63) is 0 Å². The van der Waals surface area contributed by atoms with Crippen LogP contribution in [0.1, 0.15) is 173 Å². The van der Waals surface area contributed by atoms with E-state index in [1.807, 2.05) is 0 Å². The number of terminal acetylenes is 1. The maximum absolute atomic E-state index is 6.84. The Hall–Kier alpha value is -0.560. The van der Waals surface area contributed by atoms with Crippen molar-refractivity contribution < 1.29 is 14.2 Å². The Kier molecular flexibility index (Phi) is 15.5. The van der Waals surface area contributed by atoms with Gasteiger partial charge in [0.15, 0.2) is 0 Å². The second kappa shape index (κ2) is 18.7. The predicted molar refractivity (Wildman–Crippen MR) is 151 cm³/mol. The highest BCUT2D eigenvalue weighted by atomic mass is 16.9. The third kappa shape index (κ3) is 12.3. The molecule has 3 heteroatoms. The molecule has 0 saturated heterocycles. The van der Waals surface area contributed by atoms with E-state index >= 15 is 0 Å². The molecule has 3 aliphatic rings. The van der Waals surface area contributed by atoms with Crippen molar-refractivity contribution in [1.29, 1.82) is 0 Å². The molecule has 0 spiro atoms. The molecular weight excluding hydrogens is 444 g/mol. The van der Waals surface area contributed by atoms with Crippen molar-refractivity contribution >= 4 is 0 Å². The Morgan fingerprint density at radius 3 is 0.750 bits per heavy atom. The zero-order valence-corrected chi connectivity index (χ0v) is 23.6. The van der Waals surface area contributed by atoms with Crippen LogP contribution in [0.25, 0.3) is 0 Å². The van der Waals surface area contributed by atoms with E-state index < -0.39 is 5.97 Å². The van der Waals surface area contributed by atoms with Crippen LogP contribution in [0.15, 0.2) is 0 Å². The number of hydrogen-bond acceptors (Lipinski definition) is 3. The minimum atomic E-state index is -1.32. The molecule has 3 rings (SSSR count). The molecule has 3 nitrogen and oxygen atoms in total. The van der Waals surface area contributed by atoms with E-state index in [4.69, 9.17) is 20.6 Å². The maximum atomic E-state index is 6.84. The first-order chi connectivity index (χ1) is 17.8. The summed E-state index contributed by atoms with van der Waals surface area (Å²) in [5.41, 5.74) is 0. The van der Waals surface area contributed by atoms with Crippen LogP contribution in [0.3, 0.4) is 0 Å². The standard InChI is InChI=1S/C33H58O3/c1-2-33(34-30-24-18-12-6-3-7-13-19-25-30,35-31-26-20-14-8-4-9-15-21-27-31)36-32-28-22-16-10-5-11-17-23-29-32/h1,30-32H,3-29H2. The molecule has 3 aliphatic carbocycles. The minimum Gasteiger partial charge on any atom is -0.314 e. The summed E-state index contributed by atoms with van der Waals surface area (Å²) in [6.07, 6.45) is 40.6. The lowest BCUT2D eigenvalue weighted by atomic mass is 9.98. The molecule has 0 aromatic carbocycles. The Balaban J connectivity index is 1.73. The molecule has 0 amide bonds. The normalized spacial score (nSPS) is 25.0. The van der Waals surface area contributed by atoms with Crippen molar-refractivity contribution in [1.82, 2.24) is 0 Å². The molecule has 0 radical (unpaired) electrons. The highest BCUT2D eigenvalue weighted by molar-refractivity contribution is 4.99. The van der Waals surface area contributed by atoms with Crippen molar-refractivity contribution in [3.8, 4) is 12.3 Å². The summed E-state index contributed by atoms with van der Waals surface area (Å²) < 4.78 is 20.5. The van der Waals surface area contributed by atoms with Crippen molar-refractivity contribution in [2.24, 2.45) is 0 Å². The third-order valence-corrected chi connectivity index (χ3v) is 8.80. The maximum Gasteiger partial charge on any atom is 0.353 e. The van der Waals surface area contributed by atoms with Gasteiger partial charge in [-0.15, -0.1) is 6.42 Å². The quantitative estimate of drug-likeness (QED) is 0.267. The van der Waals surface area contributed by atoms with Crippen LogP contribution in [-0.4, -0.2) is 24.3 Å². The van der Waals surface area contributed by atoms with Crippen molar-refractivity contribution in [2.45, 2.75) is 198 Å². The number of rotatable bonds is 6. The van der Waals surface area contributed by atoms with Gasteiger partial charge in [0.05, 0.1) is 18.3 Å². The summed E-state index contributed by atoms with van der Waals surface area (Å²) >= 11 is 0. The van der Waals surface area contributed by atoms with E-state index in [1.165, 1.54) is 135 Å². The molecule has 0 aliphatic heterocycles. The Bertz CT molecular complexity index is 483. The average molecular weight is 503 g/mol. The summed E-state index contributed by atoms with van der Waals surface area (Å²) in [7, 11) is 0. The summed E-state index contributed by atoms with van der Waals surface area (Å²) in [5, 5.41) is 0. The van der Waals surface area contributed by atoms with E-state index in [-0.39, 0.29) is 18.3 Å². The zero-order valence-electron chi connectivity index (χ0n) is 23.6. The first kappa shape index (κ1) is 30.0. The third-order valence-electron chi connectivity index (χ3n) is 8.80. The molecule has 36 heavy (non-hydrogen) atoms. The Morgan fingerprint density at radius 2 is 0.556 bits per heavy atom. The Morgan fingerprint density at radius 1 is 0.361 bits per heavy atom. The van der Waals surface area contributed by atoms with Crippen LogP contribution in [0.5, 0.6) is 0 Å². The van der Waals surface area contributed by atoms with E-state index in [0.29, 0.717) is 0 Å². The van der Waals surface area contributed by atoms with Crippen molar-refractivity contribution in [3.63, 3.8) is 0 Å². The van der Waals surface area contributed by atoms with Gasteiger partial charge in [-0.2, -0.15) is 0 Å². The highest BCUT2D eigenvalue weighted by Gasteiger charge is 2.40. The summed E-state index contributed by atoms with van der Waals surface area (Å²) in [6.45, 7) is 0. The van der Waals surface area contributed by atoms with Crippen LogP contribution in [0.2, 0.25) is 0 Å². The SMILES string of the molecule is C#CC(OC1CCCCCCCCC1)(OC1CCCCCCCCC1)OC1CCCCCCCCC1. The second-order valence-corrected chi connectivity index (χ2v) is 12.1. The van der Waals surface area contributed by atoms with Gasteiger partial charge in [-0.1, -0.05) is 135 Å². The van der Waals surface area contributed by atoms with Gasteiger partial charge in [-0.25, -0.2) is 0 Å². The van der Waals surface area contributed by atoms with Gasteiger partial charge < -0.3 is 14.2 Å². The monoisotopic (exact) mass is 502 g/mol. The molecule has 3 saturated carbocycles. The number of ether oxygens (including phenoxy) is 3. The summed E-state index contributed by atoms with van der Waals surface area (Å²) in [6, 6.07) is 0. The molecule has 3 fully saturated rings. The predicted octanol–water partition coefficient (Wildman–Crippen LogP) is 10.0. The Labute approximate surface area is 224 Å². The minimum absolute atomic E-state index is 0.137. The zero-order chi connectivity index (χ0) is 25.2. The van der Waals surface area contributed by atoms with E-state index in [0.717, 1.165) is 38.5 Å². The lowest BCUT2D eigenvalue weighted by Gasteiger charge is -2.38. The lowest BCUT2D eigenvalue weighted by molar-refractivity contribution is -0.387. The molecule has 0 bridgehead atoms. The summed E-state index contributed by atoms with van der Waals surface area (Å²) in [4.78, 5) is 0. The van der Waals surface area contributed by atoms with E-state index in [9.17, 15) is 0 Å². The first-order valence-electron chi connectivity index (χ1n) is 16.3. The fourth-order valence-corrected chi connectivity index (χ4v) is 6.51. The van der Waals surface area contributed by atoms with Crippen molar-refractivity contribution in [2.75, 3.05) is 0 Å². The van der Waals surface area contributed by atoms with Gasteiger partial charge in [0, 0.05) is 0 Å². The molecule has 0 heterocycles. The molecule has 208 valence electrons. The lowest BCUT2D eigenvalue weighted by Crippen LogP contribution is -2.46. The largest absolute Gasteiger partial charge is 0.353 e. The fourth-order valence-electron chi connectivity index (χ4n) is 6.51. The molecule has 0 aromatic heterocycles. The van der Waals surface area contributed by atoms with Crippen LogP contribution < -0.4 is 0 Å². The first-order valence-corrected chi connectivity index (χ1v) is 16.3. The van der Waals surface area contributed by atoms with Gasteiger partial charge in [0.1, 0.15) is 0 Å². The molecule has 0 N–H and O–H groups in total. The fraction of sp³-hybridized carbons (Fsp3) is 0.939. The average Bonchev–Trinajstić information content (AvgIpc) is 2.90. The van der Waals surface area contributed by atoms with Crippen LogP contribution >= 0.6 is 0 Å². The van der Waals surface area contributed by atoms with Gasteiger partial charge in [-0.3, -0.25) is 0 Å². The van der Waals surface area contributed by atoms with Gasteiger partial charge in [0.25, 0.3) is 0 Å². The second-order valence-electron chi connectivity index (χ2n) is 12.1. The van der Waals surface area contributed by atoms with Gasteiger partial charge in [-0.05, 0) is 44.4 Å². The summed E-state index contributed by atoms with van der Waals surface area (Å²) in [5.74, 6) is 1.66. The van der Waals surface area contributed by atoms with Gasteiger partial charge in [0.2, 0.25) is 0 Å². The van der Waals surface area contributed by atoms with Crippen LogP contribution in [-0.2, 0) is 14.2 Å². The molecular formula is C33H58O3. The van der Waals surface area contributed by atoms with Gasteiger partial charge >= 0.3 is 5.97 Å². The molecule has 0 aromatic rings. The topological polar surface area (TPSA) is 27.7 Å². The van der Waals surface area contributed by atoms with E-state index in [2.05, 4.69) is 5.92 Å². The smallest absolute Gasteiger partial charge is 0.314 e. The number of hydrogen-bond donors (Lipinski definition) is 0. The van der Waals surface area contributed by atoms with Crippen LogP contribution in [0, 0.1) is 12.3 Å². The molecule has 0 atom stereocenters. The molecule has 0 unspecified atom stereocenters. The van der Waals surface area contributed by atoms with E-state index in [1.54, 1.807) is 0 Å².